The Labute approximate surface area is 127 Å². The molecule has 0 aliphatic carbocycles. The Morgan fingerprint density at radius 2 is 2.24 bits per heavy atom. The number of carbonyl (C=O) groups is 1. The largest absolute Gasteiger partial charge is 0.481 e. The number of carboxylic acids is 1. The van der Waals surface area contributed by atoms with Crippen molar-refractivity contribution in [1.82, 2.24) is 20.2 Å². The quantitative estimate of drug-likeness (QED) is 0.887. The van der Waals surface area contributed by atoms with Gasteiger partial charge in [0.25, 0.3) is 0 Å². The van der Waals surface area contributed by atoms with Gasteiger partial charge in [0.15, 0.2) is 5.82 Å². The van der Waals surface area contributed by atoms with E-state index in [1.807, 2.05) is 26.0 Å². The molecule has 1 aromatic heterocycles. The summed E-state index contributed by atoms with van der Waals surface area (Å²) in [5.41, 5.74) is 1.87. The van der Waals surface area contributed by atoms with Gasteiger partial charge in [-0.25, -0.2) is 4.68 Å². The van der Waals surface area contributed by atoms with Crippen LogP contribution >= 0.6 is 11.6 Å². The van der Waals surface area contributed by atoms with Crippen LogP contribution in [-0.2, 0) is 11.3 Å². The highest BCUT2D eigenvalue weighted by Gasteiger charge is 2.17. The molecule has 1 N–H and O–H groups in total. The van der Waals surface area contributed by atoms with Gasteiger partial charge in [-0.05, 0) is 47.0 Å². The van der Waals surface area contributed by atoms with Crippen molar-refractivity contribution >= 4 is 17.6 Å². The van der Waals surface area contributed by atoms with E-state index in [2.05, 4.69) is 15.5 Å². The number of aliphatic carboxylic acids is 1. The zero-order chi connectivity index (χ0) is 15.4. The molecule has 0 spiro atoms. The van der Waals surface area contributed by atoms with E-state index in [0.717, 1.165) is 17.5 Å². The molecule has 6 nitrogen and oxygen atoms in total. The van der Waals surface area contributed by atoms with E-state index in [1.165, 1.54) is 0 Å². The summed E-state index contributed by atoms with van der Waals surface area (Å²) in [6.07, 6.45) is 0.862. The summed E-state index contributed by atoms with van der Waals surface area (Å²) in [6.45, 7) is 4.38. The highest BCUT2D eigenvalue weighted by Crippen LogP contribution is 2.24. The van der Waals surface area contributed by atoms with Crippen LogP contribution in [0.5, 0.6) is 0 Å². The number of benzene rings is 1. The van der Waals surface area contributed by atoms with E-state index in [0.29, 0.717) is 17.4 Å². The number of tetrazole rings is 1. The highest BCUT2D eigenvalue weighted by atomic mass is 35.5. The second kappa shape index (κ2) is 6.67. The van der Waals surface area contributed by atoms with E-state index in [-0.39, 0.29) is 12.3 Å². The smallest absolute Gasteiger partial charge is 0.303 e. The molecule has 2 aromatic rings. The van der Waals surface area contributed by atoms with Crippen molar-refractivity contribution < 1.29 is 9.90 Å². The Bertz CT molecular complexity index is 642. The van der Waals surface area contributed by atoms with Crippen LogP contribution in [0.15, 0.2) is 18.2 Å². The Morgan fingerprint density at radius 3 is 2.86 bits per heavy atom. The maximum absolute atomic E-state index is 10.9. The van der Waals surface area contributed by atoms with Crippen LogP contribution in [0.4, 0.5) is 0 Å². The summed E-state index contributed by atoms with van der Waals surface area (Å²) in [5.74, 6) is -0.176. The molecule has 0 saturated heterocycles. The van der Waals surface area contributed by atoms with Crippen LogP contribution < -0.4 is 0 Å². The predicted molar refractivity (Wildman–Crippen MR) is 79.0 cm³/mol. The lowest BCUT2D eigenvalue weighted by atomic mass is 10.0. The van der Waals surface area contributed by atoms with Crippen molar-refractivity contribution in [2.45, 2.75) is 33.2 Å². The second-order valence-corrected chi connectivity index (χ2v) is 5.45. The molecule has 1 unspecified atom stereocenters. The summed E-state index contributed by atoms with van der Waals surface area (Å²) in [7, 11) is 0. The maximum atomic E-state index is 10.9. The minimum Gasteiger partial charge on any atom is -0.481 e. The number of halogens is 1. The lowest BCUT2D eigenvalue weighted by molar-refractivity contribution is -0.138. The van der Waals surface area contributed by atoms with Gasteiger partial charge in [-0.1, -0.05) is 24.9 Å². The van der Waals surface area contributed by atoms with Gasteiger partial charge in [0.2, 0.25) is 0 Å². The van der Waals surface area contributed by atoms with E-state index >= 15 is 0 Å². The molecule has 0 saturated carbocycles. The SMILES string of the molecule is CCC(CC(=O)O)Cn1nnnc1-c1ccc(Cl)cc1C. The van der Waals surface area contributed by atoms with Gasteiger partial charge >= 0.3 is 5.97 Å². The Balaban J connectivity index is 2.27. The molecule has 1 atom stereocenters. The van der Waals surface area contributed by atoms with Crippen molar-refractivity contribution in [2.75, 3.05) is 0 Å². The summed E-state index contributed by atoms with van der Waals surface area (Å²) in [5, 5.41) is 21.3. The first-order valence-corrected chi connectivity index (χ1v) is 7.13. The van der Waals surface area contributed by atoms with Gasteiger partial charge in [-0.3, -0.25) is 4.79 Å². The number of rotatable bonds is 6. The van der Waals surface area contributed by atoms with Crippen LogP contribution in [0.2, 0.25) is 5.02 Å². The zero-order valence-corrected chi connectivity index (χ0v) is 12.7. The van der Waals surface area contributed by atoms with Gasteiger partial charge in [-0.15, -0.1) is 5.10 Å². The van der Waals surface area contributed by atoms with Gasteiger partial charge < -0.3 is 5.11 Å². The Hall–Kier alpha value is -1.95. The standard InChI is InChI=1S/C14H17ClN4O2/c1-3-10(7-13(20)21)8-19-14(16-17-18-19)12-5-4-11(15)6-9(12)2/h4-6,10H,3,7-8H2,1-2H3,(H,20,21). The minimum absolute atomic E-state index is 0.00245. The fraction of sp³-hybridized carbons (Fsp3) is 0.429. The summed E-state index contributed by atoms with van der Waals surface area (Å²) in [6, 6.07) is 5.51. The van der Waals surface area contributed by atoms with E-state index in [1.54, 1.807) is 10.7 Å². The van der Waals surface area contributed by atoms with E-state index < -0.39 is 5.97 Å². The molecular formula is C14H17ClN4O2. The van der Waals surface area contributed by atoms with Crippen LogP contribution in [0.25, 0.3) is 11.4 Å². The first kappa shape index (κ1) is 15.4. The predicted octanol–water partition coefficient (Wildman–Crippen LogP) is 2.80. The first-order chi connectivity index (χ1) is 10.0. The monoisotopic (exact) mass is 308 g/mol. The van der Waals surface area contributed by atoms with Crippen molar-refractivity contribution in [2.24, 2.45) is 5.92 Å². The van der Waals surface area contributed by atoms with E-state index in [9.17, 15) is 4.79 Å². The molecule has 1 aromatic carbocycles. The number of nitrogens with zero attached hydrogens (tertiary/aromatic N) is 4. The summed E-state index contributed by atoms with van der Waals surface area (Å²) >= 11 is 5.96. The van der Waals surface area contributed by atoms with Crippen molar-refractivity contribution in [3.05, 3.63) is 28.8 Å². The normalized spacial score (nSPS) is 12.3. The van der Waals surface area contributed by atoms with Crippen molar-refractivity contribution in [3.8, 4) is 11.4 Å². The third kappa shape index (κ3) is 3.78. The molecule has 0 amide bonds. The fourth-order valence-corrected chi connectivity index (χ4v) is 2.45. The van der Waals surface area contributed by atoms with Crippen LogP contribution in [0, 0.1) is 12.8 Å². The Kier molecular flexibility index (Phi) is 4.90. The average molecular weight is 309 g/mol. The number of hydrogen-bond acceptors (Lipinski definition) is 4. The lowest BCUT2D eigenvalue weighted by Gasteiger charge is -2.13. The van der Waals surface area contributed by atoms with Crippen molar-refractivity contribution in [1.29, 1.82) is 0 Å². The van der Waals surface area contributed by atoms with E-state index in [4.69, 9.17) is 16.7 Å². The van der Waals surface area contributed by atoms with Crippen LogP contribution in [-0.4, -0.2) is 31.3 Å². The lowest BCUT2D eigenvalue weighted by Crippen LogP contribution is -2.16. The van der Waals surface area contributed by atoms with Crippen LogP contribution in [0.1, 0.15) is 25.3 Å². The molecule has 7 heteroatoms. The number of hydrogen-bond donors (Lipinski definition) is 1. The molecule has 2 rings (SSSR count). The fourth-order valence-electron chi connectivity index (χ4n) is 2.23. The van der Waals surface area contributed by atoms with Gasteiger partial charge in [0.1, 0.15) is 0 Å². The van der Waals surface area contributed by atoms with Gasteiger partial charge in [-0.2, -0.15) is 0 Å². The molecule has 21 heavy (non-hydrogen) atoms. The Morgan fingerprint density at radius 1 is 1.48 bits per heavy atom. The first-order valence-electron chi connectivity index (χ1n) is 6.75. The topological polar surface area (TPSA) is 80.9 Å². The average Bonchev–Trinajstić information content (AvgIpc) is 2.85. The van der Waals surface area contributed by atoms with Gasteiger partial charge in [0, 0.05) is 23.6 Å². The number of aryl methyl sites for hydroxylation is 1. The maximum Gasteiger partial charge on any atom is 0.303 e. The minimum atomic E-state index is -0.806. The molecule has 0 fully saturated rings. The second-order valence-electron chi connectivity index (χ2n) is 5.02. The molecular weight excluding hydrogens is 292 g/mol. The molecule has 0 bridgehead atoms. The molecule has 0 radical (unpaired) electrons. The van der Waals surface area contributed by atoms with Gasteiger partial charge in [0.05, 0.1) is 0 Å². The summed E-state index contributed by atoms with van der Waals surface area (Å²) < 4.78 is 1.66. The molecule has 1 heterocycles. The van der Waals surface area contributed by atoms with Crippen molar-refractivity contribution in [3.63, 3.8) is 0 Å². The third-order valence-corrected chi connectivity index (χ3v) is 3.67. The molecule has 0 aliphatic heterocycles. The highest BCUT2D eigenvalue weighted by molar-refractivity contribution is 6.30. The summed E-state index contributed by atoms with van der Waals surface area (Å²) in [4.78, 5) is 10.9. The zero-order valence-electron chi connectivity index (χ0n) is 12.0. The molecule has 112 valence electrons. The van der Waals surface area contributed by atoms with Crippen LogP contribution in [0.3, 0.4) is 0 Å². The number of carboxylic acid groups (broad SMARTS) is 1. The number of aromatic nitrogens is 4. The third-order valence-electron chi connectivity index (χ3n) is 3.43. The molecule has 0 aliphatic rings.